The Morgan fingerprint density at radius 3 is 2.64 bits per heavy atom. The summed E-state index contributed by atoms with van der Waals surface area (Å²) < 4.78 is 0.987. The van der Waals surface area contributed by atoms with Gasteiger partial charge in [-0.2, -0.15) is 0 Å². The first-order chi connectivity index (χ1) is 10.5. The molecule has 0 saturated carbocycles. The van der Waals surface area contributed by atoms with Gasteiger partial charge in [0.2, 0.25) is 0 Å². The normalized spacial score (nSPS) is 10.6. The number of quaternary nitrogens is 1. The average molecular weight is 312 g/mol. The third-order valence-corrected chi connectivity index (χ3v) is 4.35. The Balaban J connectivity index is 1.92. The molecule has 0 atom stereocenters. The van der Waals surface area contributed by atoms with Crippen LogP contribution in [0.2, 0.25) is 0 Å². The van der Waals surface area contributed by atoms with Gasteiger partial charge in [-0.3, -0.25) is 10.5 Å². The number of benzene rings is 2. The van der Waals surface area contributed by atoms with Crippen molar-refractivity contribution in [2.45, 2.75) is 0 Å². The molecule has 1 aromatic heterocycles. The van der Waals surface area contributed by atoms with E-state index in [1.54, 1.807) is 36.4 Å². The van der Waals surface area contributed by atoms with E-state index in [2.05, 4.69) is 11.1 Å². The van der Waals surface area contributed by atoms with E-state index in [-0.39, 0.29) is 11.8 Å². The van der Waals surface area contributed by atoms with Crippen LogP contribution in [0.5, 0.6) is 0 Å². The van der Waals surface area contributed by atoms with Gasteiger partial charge in [-0.1, -0.05) is 12.1 Å². The van der Waals surface area contributed by atoms with Crippen molar-refractivity contribution in [3.63, 3.8) is 0 Å². The van der Waals surface area contributed by atoms with Gasteiger partial charge in [-0.25, -0.2) is 4.79 Å². The summed E-state index contributed by atoms with van der Waals surface area (Å²) in [6, 6.07) is 14.1. The lowest BCUT2D eigenvalue weighted by Crippen LogP contribution is -2.57. The number of nitrogen functional groups attached to an aromatic ring is 1. The first-order valence-electron chi connectivity index (χ1n) is 6.60. The fraction of sp³-hybridized carbons (Fsp3) is 0. The molecule has 110 valence electrons. The molecule has 0 unspecified atom stereocenters. The SMILES string of the molecule is Nc1ccc2sc(C(=O)Nc3ccccc3C([NH3+])=O)cc2c1. The van der Waals surface area contributed by atoms with Crippen LogP contribution in [0.15, 0.2) is 48.5 Å². The van der Waals surface area contributed by atoms with Crippen molar-refractivity contribution in [1.82, 2.24) is 0 Å². The fourth-order valence-electron chi connectivity index (χ4n) is 2.19. The Kier molecular flexibility index (Phi) is 3.62. The zero-order valence-corrected chi connectivity index (χ0v) is 12.4. The smallest absolute Gasteiger partial charge is 0.343 e. The Bertz CT molecular complexity index is 886. The highest BCUT2D eigenvalue weighted by Gasteiger charge is 2.15. The van der Waals surface area contributed by atoms with Gasteiger partial charge < -0.3 is 11.1 Å². The van der Waals surface area contributed by atoms with Gasteiger partial charge in [0, 0.05) is 10.4 Å². The van der Waals surface area contributed by atoms with Crippen LogP contribution in [-0.2, 0) is 0 Å². The van der Waals surface area contributed by atoms with E-state index in [4.69, 9.17) is 5.73 Å². The Morgan fingerprint density at radius 1 is 1.09 bits per heavy atom. The number of nitrogens with one attached hydrogen (secondary N) is 1. The summed E-state index contributed by atoms with van der Waals surface area (Å²) in [5.74, 6) is -0.589. The van der Waals surface area contributed by atoms with Crippen molar-refractivity contribution in [2.24, 2.45) is 0 Å². The molecule has 0 aliphatic rings. The zero-order chi connectivity index (χ0) is 15.7. The number of fused-ring (bicyclic) bond motifs is 1. The molecule has 2 aromatic carbocycles. The van der Waals surface area contributed by atoms with Crippen molar-refractivity contribution >= 4 is 44.6 Å². The molecule has 0 radical (unpaired) electrons. The second kappa shape index (κ2) is 5.59. The Hall–Kier alpha value is -2.70. The predicted octanol–water partition coefficient (Wildman–Crippen LogP) is 2.12. The van der Waals surface area contributed by atoms with Crippen molar-refractivity contribution < 1.29 is 15.3 Å². The van der Waals surface area contributed by atoms with Gasteiger partial charge in [0.15, 0.2) is 0 Å². The zero-order valence-electron chi connectivity index (χ0n) is 11.6. The molecule has 3 rings (SSSR count). The van der Waals surface area contributed by atoms with Gasteiger partial charge in [0.05, 0.1) is 10.6 Å². The number of carbonyl (C=O) groups is 2. The lowest BCUT2D eigenvalue weighted by molar-refractivity contribution is -0.254. The van der Waals surface area contributed by atoms with Gasteiger partial charge in [-0.15, -0.1) is 11.3 Å². The van der Waals surface area contributed by atoms with Gasteiger partial charge in [0.25, 0.3) is 5.91 Å². The minimum absolute atomic E-state index is 0.256. The fourth-order valence-corrected chi connectivity index (χ4v) is 3.13. The van der Waals surface area contributed by atoms with E-state index in [0.29, 0.717) is 21.8 Å². The Morgan fingerprint density at radius 2 is 1.86 bits per heavy atom. The molecule has 0 saturated heterocycles. The molecule has 1 heterocycles. The molecule has 6 heteroatoms. The maximum absolute atomic E-state index is 12.4. The van der Waals surface area contributed by atoms with Gasteiger partial charge >= 0.3 is 5.91 Å². The molecule has 2 amide bonds. The predicted molar refractivity (Wildman–Crippen MR) is 87.9 cm³/mol. The molecule has 5 nitrogen and oxygen atoms in total. The van der Waals surface area contributed by atoms with E-state index < -0.39 is 0 Å². The molecule has 0 aliphatic heterocycles. The van der Waals surface area contributed by atoms with Crippen molar-refractivity contribution in [2.75, 3.05) is 11.1 Å². The molecule has 0 fully saturated rings. The summed E-state index contributed by atoms with van der Waals surface area (Å²) >= 11 is 1.38. The summed E-state index contributed by atoms with van der Waals surface area (Å²) in [7, 11) is 0. The van der Waals surface area contributed by atoms with Crippen LogP contribution in [0.1, 0.15) is 20.0 Å². The molecule has 0 aliphatic carbocycles. The monoisotopic (exact) mass is 312 g/mol. The maximum Gasteiger partial charge on any atom is 0.343 e. The standard InChI is InChI=1S/C16H13N3O2S/c17-10-5-6-13-9(7-10)8-14(22-13)16(21)19-12-4-2-1-3-11(12)15(18)20/h1-8H,17H2,(H2,18,20)(H,19,21)/p+1. The second-order valence-electron chi connectivity index (χ2n) is 4.83. The summed E-state index contributed by atoms with van der Waals surface area (Å²) in [4.78, 5) is 24.4. The molecule has 0 spiro atoms. The van der Waals surface area contributed by atoms with Crippen LogP contribution < -0.4 is 16.8 Å². The number of carbonyl (C=O) groups excluding carboxylic acids is 2. The molecule has 3 aromatic rings. The van der Waals surface area contributed by atoms with E-state index in [1.807, 2.05) is 12.1 Å². The summed E-state index contributed by atoms with van der Waals surface area (Å²) in [6.45, 7) is 0. The van der Waals surface area contributed by atoms with E-state index >= 15 is 0 Å². The number of nitrogens with two attached hydrogens (primary N) is 1. The lowest BCUT2D eigenvalue weighted by atomic mass is 10.1. The maximum atomic E-state index is 12.4. The summed E-state index contributed by atoms with van der Waals surface area (Å²) in [5.41, 5.74) is 10.6. The van der Waals surface area contributed by atoms with E-state index in [9.17, 15) is 9.59 Å². The minimum Gasteiger partial charge on any atom is -0.399 e. The number of amides is 2. The molecule has 6 N–H and O–H groups in total. The third-order valence-electron chi connectivity index (χ3n) is 3.24. The van der Waals surface area contributed by atoms with Crippen molar-refractivity contribution in [1.29, 1.82) is 0 Å². The second-order valence-corrected chi connectivity index (χ2v) is 5.91. The Labute approximate surface area is 130 Å². The van der Waals surface area contributed by atoms with Crippen LogP contribution in [0.25, 0.3) is 10.1 Å². The molecular formula is C16H14N3O2S+. The van der Waals surface area contributed by atoms with E-state index in [0.717, 1.165) is 10.1 Å². The minimum atomic E-state index is -0.333. The number of rotatable bonds is 3. The highest BCUT2D eigenvalue weighted by molar-refractivity contribution is 7.20. The summed E-state index contributed by atoms with van der Waals surface area (Å²) in [6.07, 6.45) is 0. The number of para-hydroxylation sites is 1. The van der Waals surface area contributed by atoms with Crippen LogP contribution in [0, 0.1) is 0 Å². The van der Waals surface area contributed by atoms with Crippen LogP contribution >= 0.6 is 11.3 Å². The largest absolute Gasteiger partial charge is 0.399 e. The number of thiophene rings is 1. The van der Waals surface area contributed by atoms with Crippen molar-refractivity contribution in [3.8, 4) is 0 Å². The molecular weight excluding hydrogens is 298 g/mol. The van der Waals surface area contributed by atoms with Crippen LogP contribution in [-0.4, -0.2) is 11.8 Å². The van der Waals surface area contributed by atoms with E-state index in [1.165, 1.54) is 11.3 Å². The molecule has 22 heavy (non-hydrogen) atoms. The van der Waals surface area contributed by atoms with Gasteiger partial charge in [-0.05, 0) is 41.8 Å². The highest BCUT2D eigenvalue weighted by Crippen LogP contribution is 2.28. The lowest BCUT2D eigenvalue weighted by Gasteiger charge is -2.06. The average Bonchev–Trinajstić information content (AvgIpc) is 2.90. The number of hydrogen-bond donors (Lipinski definition) is 3. The number of anilines is 2. The first-order valence-corrected chi connectivity index (χ1v) is 7.42. The summed E-state index contributed by atoms with van der Waals surface area (Å²) in [5, 5.41) is 3.69. The topological polar surface area (TPSA) is 99.8 Å². The molecule has 0 bridgehead atoms. The van der Waals surface area contributed by atoms with Crippen LogP contribution in [0.4, 0.5) is 11.4 Å². The van der Waals surface area contributed by atoms with Crippen LogP contribution in [0.3, 0.4) is 0 Å². The van der Waals surface area contributed by atoms with Gasteiger partial charge in [0.1, 0.15) is 5.56 Å². The third kappa shape index (κ3) is 2.69. The highest BCUT2D eigenvalue weighted by atomic mass is 32.1. The quantitative estimate of drug-likeness (QED) is 0.646. The number of hydrogen-bond acceptors (Lipinski definition) is 4. The first kappa shape index (κ1) is 14.2. The van der Waals surface area contributed by atoms with Crippen molar-refractivity contribution in [3.05, 3.63) is 59.0 Å².